The highest BCUT2D eigenvalue weighted by Gasteiger charge is 1.99. The fourth-order valence-corrected chi connectivity index (χ4v) is 2.67. The summed E-state index contributed by atoms with van der Waals surface area (Å²) in [4.78, 5) is 8.89. The van der Waals surface area contributed by atoms with Gasteiger partial charge in [-0.2, -0.15) is 0 Å². The van der Waals surface area contributed by atoms with Gasteiger partial charge in [-0.1, -0.05) is 23.7 Å². The van der Waals surface area contributed by atoms with Crippen molar-refractivity contribution in [1.82, 2.24) is 20.2 Å². The smallest absolute Gasteiger partial charge is 0.191 e. The maximum atomic E-state index is 5.91. The number of guanidine groups is 1. The Morgan fingerprint density at radius 3 is 2.62 bits per heavy atom. The summed E-state index contributed by atoms with van der Waals surface area (Å²) in [7, 11) is 0. The van der Waals surface area contributed by atoms with Gasteiger partial charge < -0.3 is 15.2 Å². The van der Waals surface area contributed by atoms with E-state index in [4.69, 9.17) is 11.6 Å². The highest BCUT2D eigenvalue weighted by molar-refractivity contribution is 14.0. The molecule has 0 spiro atoms. The molecule has 1 heterocycles. The molecule has 0 aliphatic rings. The Bertz CT molecular complexity index is 654. The van der Waals surface area contributed by atoms with E-state index < -0.39 is 0 Å². The third-order valence-corrected chi connectivity index (χ3v) is 4.22. The molecular weight excluding hydrogens is 461 g/mol. The van der Waals surface area contributed by atoms with Crippen molar-refractivity contribution in [3.8, 4) is 0 Å². The zero-order valence-corrected chi connectivity index (χ0v) is 18.6. The number of unbranched alkanes of at least 4 members (excludes halogenated alkanes) is 1. The van der Waals surface area contributed by atoms with Crippen molar-refractivity contribution < 1.29 is 0 Å². The van der Waals surface area contributed by atoms with Crippen LogP contribution in [0.2, 0.25) is 5.02 Å². The topological polar surface area (TPSA) is 54.2 Å². The molecular formula is C19H29ClIN5. The van der Waals surface area contributed by atoms with E-state index in [1.54, 1.807) is 0 Å². The fourth-order valence-electron chi connectivity index (χ4n) is 2.54. The van der Waals surface area contributed by atoms with E-state index >= 15 is 0 Å². The van der Waals surface area contributed by atoms with E-state index in [1.165, 1.54) is 5.56 Å². The maximum absolute atomic E-state index is 5.91. The van der Waals surface area contributed by atoms with Gasteiger partial charge in [0, 0.05) is 43.6 Å². The van der Waals surface area contributed by atoms with E-state index in [9.17, 15) is 0 Å². The van der Waals surface area contributed by atoms with E-state index in [0.717, 1.165) is 62.2 Å². The number of halogens is 2. The lowest BCUT2D eigenvalue weighted by atomic mass is 10.1. The average molecular weight is 490 g/mol. The van der Waals surface area contributed by atoms with Crippen LogP contribution in [0.4, 0.5) is 0 Å². The molecule has 0 radical (unpaired) electrons. The summed E-state index contributed by atoms with van der Waals surface area (Å²) >= 11 is 5.91. The molecule has 26 heavy (non-hydrogen) atoms. The Kier molecular flexibility index (Phi) is 11.4. The lowest BCUT2D eigenvalue weighted by molar-refractivity contribution is 0.600. The second-order valence-electron chi connectivity index (χ2n) is 5.94. The van der Waals surface area contributed by atoms with Gasteiger partial charge in [-0.15, -0.1) is 24.0 Å². The molecule has 0 bridgehead atoms. The summed E-state index contributed by atoms with van der Waals surface area (Å²) in [5, 5.41) is 7.46. The van der Waals surface area contributed by atoms with Gasteiger partial charge in [-0.05, 0) is 50.8 Å². The summed E-state index contributed by atoms with van der Waals surface area (Å²) < 4.78 is 2.18. The number of hydrogen-bond acceptors (Lipinski definition) is 2. The van der Waals surface area contributed by atoms with E-state index in [2.05, 4.69) is 44.2 Å². The third kappa shape index (κ3) is 8.40. The lowest BCUT2D eigenvalue weighted by Gasteiger charge is -2.11. The zero-order valence-electron chi connectivity index (χ0n) is 15.5. The largest absolute Gasteiger partial charge is 0.357 e. The van der Waals surface area contributed by atoms with Crippen LogP contribution in [0.1, 0.15) is 31.2 Å². The van der Waals surface area contributed by atoms with Crippen LogP contribution in [0.25, 0.3) is 0 Å². The highest BCUT2D eigenvalue weighted by Crippen LogP contribution is 2.09. The lowest BCUT2D eigenvalue weighted by Crippen LogP contribution is -2.38. The molecule has 0 amide bonds. The molecule has 1 aromatic heterocycles. The van der Waals surface area contributed by atoms with Gasteiger partial charge in [-0.25, -0.2) is 4.98 Å². The van der Waals surface area contributed by atoms with Crippen LogP contribution >= 0.6 is 35.6 Å². The van der Waals surface area contributed by atoms with Gasteiger partial charge >= 0.3 is 0 Å². The number of aromatic nitrogens is 2. The molecule has 0 atom stereocenters. The number of aliphatic imine (C=N–C) groups is 1. The first-order valence-electron chi connectivity index (χ1n) is 8.93. The highest BCUT2D eigenvalue weighted by atomic mass is 127. The van der Waals surface area contributed by atoms with Gasteiger partial charge in [0.15, 0.2) is 5.96 Å². The summed E-state index contributed by atoms with van der Waals surface area (Å²) in [5.41, 5.74) is 1.27. The standard InChI is InChI=1S/C19H28ClN5.HI/c1-3-21-19(24-12-10-17-6-8-18(20)9-7-17)23-11-4-5-14-25-15-13-22-16(25)2;/h6-9,13,15H,3-5,10-12,14H2,1-2H3,(H2,21,23,24);1H. The van der Waals surface area contributed by atoms with Gasteiger partial charge in [0.25, 0.3) is 0 Å². The van der Waals surface area contributed by atoms with E-state index in [1.807, 2.05) is 31.5 Å². The summed E-state index contributed by atoms with van der Waals surface area (Å²) in [6, 6.07) is 7.98. The second-order valence-corrected chi connectivity index (χ2v) is 6.38. The monoisotopic (exact) mass is 489 g/mol. The van der Waals surface area contributed by atoms with Crippen molar-refractivity contribution in [3.63, 3.8) is 0 Å². The number of nitrogens with one attached hydrogen (secondary N) is 2. The quantitative estimate of drug-likeness (QED) is 0.242. The number of rotatable bonds is 9. The Labute approximate surface area is 178 Å². The predicted molar refractivity (Wildman–Crippen MR) is 121 cm³/mol. The van der Waals surface area contributed by atoms with E-state index in [-0.39, 0.29) is 24.0 Å². The first kappa shape index (κ1) is 22.8. The Morgan fingerprint density at radius 2 is 1.96 bits per heavy atom. The van der Waals surface area contributed by atoms with Gasteiger partial charge in [0.1, 0.15) is 5.82 Å². The van der Waals surface area contributed by atoms with Crippen LogP contribution in [0.15, 0.2) is 41.7 Å². The molecule has 0 fully saturated rings. The van der Waals surface area contributed by atoms with Crippen LogP contribution < -0.4 is 10.6 Å². The Morgan fingerprint density at radius 1 is 1.19 bits per heavy atom. The third-order valence-electron chi connectivity index (χ3n) is 3.96. The first-order chi connectivity index (χ1) is 12.2. The van der Waals surface area contributed by atoms with E-state index in [0.29, 0.717) is 0 Å². The first-order valence-corrected chi connectivity index (χ1v) is 9.31. The minimum atomic E-state index is 0. The molecule has 7 heteroatoms. The Balaban J connectivity index is 0.00000338. The minimum Gasteiger partial charge on any atom is -0.357 e. The molecule has 0 saturated heterocycles. The van der Waals surface area contributed by atoms with Crippen LogP contribution in [-0.2, 0) is 13.0 Å². The maximum Gasteiger partial charge on any atom is 0.191 e. The van der Waals surface area contributed by atoms with Crippen LogP contribution in [0.5, 0.6) is 0 Å². The number of benzene rings is 1. The minimum absolute atomic E-state index is 0. The predicted octanol–water partition coefficient (Wildman–Crippen LogP) is 4.04. The van der Waals surface area contributed by atoms with Gasteiger partial charge in [0.2, 0.25) is 0 Å². The average Bonchev–Trinajstić information content (AvgIpc) is 3.01. The van der Waals surface area contributed by atoms with Gasteiger partial charge in [-0.3, -0.25) is 4.99 Å². The molecule has 0 aliphatic carbocycles. The van der Waals surface area contributed by atoms with Crippen molar-refractivity contribution in [2.45, 2.75) is 39.7 Å². The Hall–Kier alpha value is -1.28. The second kappa shape index (κ2) is 13.0. The van der Waals surface area contributed by atoms with Gasteiger partial charge in [0.05, 0.1) is 0 Å². The van der Waals surface area contributed by atoms with Crippen molar-refractivity contribution in [2.75, 3.05) is 19.6 Å². The summed E-state index contributed by atoms with van der Waals surface area (Å²) in [6.07, 6.45) is 6.99. The molecule has 0 saturated carbocycles. The van der Waals surface area contributed by atoms with Crippen molar-refractivity contribution in [2.24, 2.45) is 4.99 Å². The zero-order chi connectivity index (χ0) is 17.9. The molecule has 0 unspecified atom stereocenters. The van der Waals surface area contributed by atoms with Crippen LogP contribution in [0, 0.1) is 6.92 Å². The van der Waals surface area contributed by atoms with Crippen molar-refractivity contribution in [3.05, 3.63) is 53.1 Å². The molecule has 5 nitrogen and oxygen atoms in total. The SMILES string of the molecule is CCNC(=NCCCCn1ccnc1C)NCCc1ccc(Cl)cc1.I. The molecule has 2 rings (SSSR count). The van der Waals surface area contributed by atoms with Crippen LogP contribution in [0.3, 0.4) is 0 Å². The van der Waals surface area contributed by atoms with Crippen molar-refractivity contribution in [1.29, 1.82) is 0 Å². The summed E-state index contributed by atoms with van der Waals surface area (Å²) in [6.45, 7) is 7.65. The number of imidazole rings is 1. The van der Waals surface area contributed by atoms with Crippen molar-refractivity contribution >= 4 is 41.5 Å². The normalized spacial score (nSPS) is 11.1. The fraction of sp³-hybridized carbons (Fsp3) is 0.474. The molecule has 144 valence electrons. The molecule has 1 aromatic carbocycles. The number of nitrogens with zero attached hydrogens (tertiary/aromatic N) is 3. The van der Waals surface area contributed by atoms with Crippen LogP contribution in [-0.4, -0.2) is 35.1 Å². The number of hydrogen-bond donors (Lipinski definition) is 2. The molecule has 2 aromatic rings. The summed E-state index contributed by atoms with van der Waals surface area (Å²) in [5.74, 6) is 1.95. The number of aryl methyl sites for hydroxylation is 2. The molecule has 2 N–H and O–H groups in total. The molecule has 0 aliphatic heterocycles.